The summed E-state index contributed by atoms with van der Waals surface area (Å²) >= 11 is 0. The van der Waals surface area contributed by atoms with Gasteiger partial charge in [-0.25, -0.2) is 0 Å². The molecule has 1 saturated carbocycles. The number of hydrogen-bond acceptors (Lipinski definition) is 3. The predicted octanol–water partition coefficient (Wildman–Crippen LogP) is 0.620. The molecule has 3 N–H and O–H groups in total. The molecule has 98 valence electrons. The molecular weight excluding hydrogens is 222 g/mol. The van der Waals surface area contributed by atoms with E-state index in [1.54, 1.807) is 6.92 Å². The molecule has 17 heavy (non-hydrogen) atoms. The Bertz CT molecular complexity index is 290. The van der Waals surface area contributed by atoms with Crippen LogP contribution >= 0.6 is 0 Å². The van der Waals surface area contributed by atoms with Gasteiger partial charge in [0.05, 0.1) is 17.9 Å². The lowest BCUT2D eigenvalue weighted by atomic mass is 9.95. The number of nitrogens with one attached hydrogen (secondary N) is 1. The third-order valence-corrected chi connectivity index (χ3v) is 3.46. The van der Waals surface area contributed by atoms with Crippen LogP contribution in [-0.4, -0.2) is 34.7 Å². The summed E-state index contributed by atoms with van der Waals surface area (Å²) in [6.07, 6.45) is 1.52. The maximum atomic E-state index is 11.8. The first-order valence-corrected chi connectivity index (χ1v) is 6.14. The monoisotopic (exact) mass is 243 g/mol. The van der Waals surface area contributed by atoms with Crippen molar-refractivity contribution in [2.45, 2.75) is 39.2 Å². The maximum absolute atomic E-state index is 11.8. The Morgan fingerprint density at radius 2 is 1.94 bits per heavy atom. The van der Waals surface area contributed by atoms with Gasteiger partial charge in [0.25, 0.3) is 0 Å². The Morgan fingerprint density at radius 3 is 2.41 bits per heavy atom. The molecule has 0 spiro atoms. The first-order valence-electron chi connectivity index (χ1n) is 6.14. The van der Waals surface area contributed by atoms with Crippen LogP contribution in [0.3, 0.4) is 0 Å². The lowest BCUT2D eigenvalue weighted by Crippen LogP contribution is -2.38. The summed E-state index contributed by atoms with van der Waals surface area (Å²) in [6, 6.07) is 0. The second-order valence-electron chi connectivity index (χ2n) is 4.89. The zero-order chi connectivity index (χ0) is 13.0. The van der Waals surface area contributed by atoms with Crippen LogP contribution in [0.25, 0.3) is 0 Å². The van der Waals surface area contributed by atoms with Gasteiger partial charge in [0, 0.05) is 6.54 Å². The van der Waals surface area contributed by atoms with Crippen LogP contribution in [0, 0.1) is 17.8 Å². The highest BCUT2D eigenvalue weighted by Crippen LogP contribution is 2.38. The highest BCUT2D eigenvalue weighted by Gasteiger charge is 2.41. The number of carboxylic acids is 1. The van der Waals surface area contributed by atoms with Crippen molar-refractivity contribution in [3.8, 4) is 0 Å². The largest absolute Gasteiger partial charge is 0.481 e. The number of aliphatic hydroxyl groups is 1. The van der Waals surface area contributed by atoms with Crippen LogP contribution in [0.1, 0.15) is 33.1 Å². The Hall–Kier alpha value is -1.10. The number of carboxylic acid groups (broad SMARTS) is 1. The Morgan fingerprint density at radius 1 is 1.35 bits per heavy atom. The number of rotatable bonds is 5. The number of aliphatic carboxylic acids is 1. The number of amides is 1. The summed E-state index contributed by atoms with van der Waals surface area (Å²) in [6.45, 7) is 3.77. The third kappa shape index (κ3) is 3.70. The van der Waals surface area contributed by atoms with Gasteiger partial charge in [-0.2, -0.15) is 0 Å². The van der Waals surface area contributed by atoms with Crippen molar-refractivity contribution in [1.29, 1.82) is 0 Å². The normalized spacial score (nSPS) is 29.9. The van der Waals surface area contributed by atoms with Crippen molar-refractivity contribution in [1.82, 2.24) is 5.32 Å². The molecule has 1 rings (SSSR count). The molecule has 1 amide bonds. The summed E-state index contributed by atoms with van der Waals surface area (Å²) in [5.41, 5.74) is 0. The van der Waals surface area contributed by atoms with E-state index >= 15 is 0 Å². The molecule has 0 heterocycles. The minimum absolute atomic E-state index is 0.179. The van der Waals surface area contributed by atoms with E-state index in [4.69, 9.17) is 10.2 Å². The highest BCUT2D eigenvalue weighted by atomic mass is 16.4. The van der Waals surface area contributed by atoms with Crippen LogP contribution in [0.2, 0.25) is 0 Å². The fraction of sp³-hybridized carbons (Fsp3) is 0.833. The zero-order valence-electron chi connectivity index (χ0n) is 10.3. The van der Waals surface area contributed by atoms with Gasteiger partial charge in [0.15, 0.2) is 0 Å². The second-order valence-corrected chi connectivity index (χ2v) is 4.89. The van der Waals surface area contributed by atoms with E-state index in [0.717, 1.165) is 6.42 Å². The molecule has 0 aromatic heterocycles. The van der Waals surface area contributed by atoms with Gasteiger partial charge in [-0.3, -0.25) is 9.59 Å². The van der Waals surface area contributed by atoms with Gasteiger partial charge in [-0.15, -0.1) is 0 Å². The maximum Gasteiger partial charge on any atom is 0.307 e. The smallest absolute Gasteiger partial charge is 0.307 e. The number of aliphatic hydroxyl groups excluding tert-OH is 1. The van der Waals surface area contributed by atoms with Gasteiger partial charge in [0.1, 0.15) is 0 Å². The van der Waals surface area contributed by atoms with Gasteiger partial charge < -0.3 is 15.5 Å². The molecule has 5 nitrogen and oxygen atoms in total. The van der Waals surface area contributed by atoms with E-state index in [1.165, 1.54) is 0 Å². The molecule has 0 aromatic rings. The van der Waals surface area contributed by atoms with E-state index in [9.17, 15) is 9.59 Å². The molecule has 4 atom stereocenters. The number of hydrogen-bond donors (Lipinski definition) is 3. The summed E-state index contributed by atoms with van der Waals surface area (Å²) in [4.78, 5) is 22.9. The molecule has 3 unspecified atom stereocenters. The Balaban J connectivity index is 2.60. The topological polar surface area (TPSA) is 86.6 Å². The van der Waals surface area contributed by atoms with E-state index in [0.29, 0.717) is 18.8 Å². The summed E-state index contributed by atoms with van der Waals surface area (Å²) in [7, 11) is 0. The standard InChI is InChI=1S/C12H21NO4/c1-3-8-4-9(10(5-8)12(16)17)11(15)13-6-7(2)14/h7-10,14H,3-6H2,1-2H3,(H,13,15)(H,16,17)/t7-,8?,9?,10?/m1/s1. The molecule has 5 heteroatoms. The fourth-order valence-electron chi connectivity index (χ4n) is 2.42. The van der Waals surface area contributed by atoms with Crippen LogP contribution in [0.15, 0.2) is 0 Å². The minimum Gasteiger partial charge on any atom is -0.481 e. The fourth-order valence-corrected chi connectivity index (χ4v) is 2.42. The van der Waals surface area contributed by atoms with Gasteiger partial charge in [-0.05, 0) is 25.7 Å². The van der Waals surface area contributed by atoms with Crippen molar-refractivity contribution in [2.75, 3.05) is 6.54 Å². The zero-order valence-corrected chi connectivity index (χ0v) is 10.3. The molecular formula is C12H21NO4. The highest BCUT2D eigenvalue weighted by molar-refractivity contribution is 5.85. The molecule has 0 saturated heterocycles. The molecule has 0 bridgehead atoms. The lowest BCUT2D eigenvalue weighted by molar-refractivity contribution is -0.146. The third-order valence-electron chi connectivity index (χ3n) is 3.46. The molecule has 0 aromatic carbocycles. The average Bonchev–Trinajstić information content (AvgIpc) is 2.69. The lowest BCUT2D eigenvalue weighted by Gasteiger charge is -2.16. The number of carbonyl (C=O) groups is 2. The van der Waals surface area contributed by atoms with Crippen LogP contribution in [0.5, 0.6) is 0 Å². The first kappa shape index (κ1) is 14.0. The summed E-state index contributed by atoms with van der Waals surface area (Å²) < 4.78 is 0. The molecule has 0 radical (unpaired) electrons. The predicted molar refractivity (Wildman–Crippen MR) is 62.3 cm³/mol. The quantitative estimate of drug-likeness (QED) is 0.660. The molecule has 1 aliphatic rings. The number of carbonyl (C=O) groups excluding carboxylic acids is 1. The van der Waals surface area contributed by atoms with Crippen LogP contribution < -0.4 is 5.32 Å². The van der Waals surface area contributed by atoms with Crippen molar-refractivity contribution < 1.29 is 19.8 Å². The summed E-state index contributed by atoms with van der Waals surface area (Å²) in [5.74, 6) is -1.84. The van der Waals surface area contributed by atoms with Gasteiger partial charge >= 0.3 is 5.97 Å². The molecule has 1 aliphatic carbocycles. The van der Waals surface area contributed by atoms with Crippen molar-refractivity contribution >= 4 is 11.9 Å². The van der Waals surface area contributed by atoms with Crippen LogP contribution in [0.4, 0.5) is 0 Å². The first-order chi connectivity index (χ1) is 7.95. The van der Waals surface area contributed by atoms with E-state index in [2.05, 4.69) is 5.32 Å². The molecule has 0 aliphatic heterocycles. The Kier molecular flexibility index (Phi) is 4.93. The SMILES string of the molecule is CCC1CC(C(=O)O)C(C(=O)NC[C@@H](C)O)C1. The Labute approximate surface area is 101 Å². The molecule has 1 fully saturated rings. The van der Waals surface area contributed by atoms with E-state index in [-0.39, 0.29) is 12.5 Å². The van der Waals surface area contributed by atoms with E-state index < -0.39 is 23.9 Å². The van der Waals surface area contributed by atoms with Crippen molar-refractivity contribution in [3.63, 3.8) is 0 Å². The van der Waals surface area contributed by atoms with E-state index in [1.807, 2.05) is 6.92 Å². The van der Waals surface area contributed by atoms with Gasteiger partial charge in [-0.1, -0.05) is 13.3 Å². The van der Waals surface area contributed by atoms with Gasteiger partial charge in [0.2, 0.25) is 5.91 Å². The van der Waals surface area contributed by atoms with Crippen molar-refractivity contribution in [3.05, 3.63) is 0 Å². The second kappa shape index (κ2) is 6.00. The average molecular weight is 243 g/mol. The van der Waals surface area contributed by atoms with Crippen molar-refractivity contribution in [2.24, 2.45) is 17.8 Å². The van der Waals surface area contributed by atoms with Crippen LogP contribution in [-0.2, 0) is 9.59 Å². The summed E-state index contributed by atoms with van der Waals surface area (Å²) in [5, 5.41) is 20.8. The minimum atomic E-state index is -0.891.